The summed E-state index contributed by atoms with van der Waals surface area (Å²) in [6, 6.07) is 1.80. The molecule has 1 aromatic rings. The van der Waals surface area contributed by atoms with Gasteiger partial charge in [-0.05, 0) is 6.92 Å². The van der Waals surface area contributed by atoms with Crippen molar-refractivity contribution in [1.29, 1.82) is 0 Å². The molecule has 0 heterocycles. The highest BCUT2D eigenvalue weighted by Crippen LogP contribution is 2.33. The van der Waals surface area contributed by atoms with Gasteiger partial charge in [-0.2, -0.15) is 0 Å². The molecular formula is C7H7ClN2O5. The van der Waals surface area contributed by atoms with Crippen LogP contribution in [-0.4, -0.2) is 15.0 Å². The van der Waals surface area contributed by atoms with Gasteiger partial charge < -0.3 is 5.11 Å². The van der Waals surface area contributed by atoms with Crippen molar-refractivity contribution in [1.82, 2.24) is 0 Å². The summed E-state index contributed by atoms with van der Waals surface area (Å²) in [5.41, 5.74) is -0.963. The number of nitro groups is 2. The van der Waals surface area contributed by atoms with Crippen LogP contribution >= 0.6 is 12.4 Å². The molecule has 0 aliphatic rings. The molecule has 7 nitrogen and oxygen atoms in total. The minimum atomic E-state index is -0.866. The summed E-state index contributed by atoms with van der Waals surface area (Å²) in [6.45, 7) is 1.36. The molecule has 0 aliphatic carbocycles. The molecule has 8 heteroatoms. The number of hydrogen-bond donors (Lipinski definition) is 1. The van der Waals surface area contributed by atoms with E-state index in [1.54, 1.807) is 0 Å². The zero-order valence-electron chi connectivity index (χ0n) is 7.54. The summed E-state index contributed by atoms with van der Waals surface area (Å²) in [5.74, 6) is -0.541. The molecule has 1 aromatic carbocycles. The highest BCUT2D eigenvalue weighted by Gasteiger charge is 2.21. The number of halogens is 1. The van der Waals surface area contributed by atoms with Gasteiger partial charge in [0.05, 0.1) is 15.9 Å². The third-order valence-corrected chi connectivity index (χ3v) is 1.67. The lowest BCUT2D eigenvalue weighted by Crippen LogP contribution is -1.94. The van der Waals surface area contributed by atoms with Gasteiger partial charge in [0.2, 0.25) is 0 Å². The third-order valence-electron chi connectivity index (χ3n) is 1.67. The molecule has 82 valence electrons. The van der Waals surface area contributed by atoms with Gasteiger partial charge in [0.25, 0.3) is 5.69 Å². The number of benzene rings is 1. The molecule has 15 heavy (non-hydrogen) atoms. The molecule has 0 bridgehead atoms. The molecule has 0 spiro atoms. The van der Waals surface area contributed by atoms with Gasteiger partial charge in [-0.15, -0.1) is 12.4 Å². The van der Waals surface area contributed by atoms with Crippen LogP contribution in [-0.2, 0) is 0 Å². The highest BCUT2D eigenvalue weighted by atomic mass is 35.5. The quantitative estimate of drug-likeness (QED) is 0.621. The van der Waals surface area contributed by atoms with Crippen molar-refractivity contribution in [3.05, 3.63) is 37.9 Å². The Labute approximate surface area is 90.0 Å². The van der Waals surface area contributed by atoms with Crippen molar-refractivity contribution in [3.63, 3.8) is 0 Å². The summed E-state index contributed by atoms with van der Waals surface area (Å²) < 4.78 is 0. The Morgan fingerprint density at radius 1 is 1.20 bits per heavy atom. The molecule has 0 aromatic heterocycles. The minimum Gasteiger partial charge on any atom is -0.502 e. The number of nitro benzene ring substituents is 2. The van der Waals surface area contributed by atoms with Crippen molar-refractivity contribution in [3.8, 4) is 5.75 Å². The molecule has 0 atom stereocenters. The largest absolute Gasteiger partial charge is 0.502 e. The van der Waals surface area contributed by atoms with Crippen molar-refractivity contribution in [2.75, 3.05) is 0 Å². The first-order valence-corrected chi connectivity index (χ1v) is 3.56. The van der Waals surface area contributed by atoms with Crippen LogP contribution in [0.15, 0.2) is 12.1 Å². The Kier molecular flexibility index (Phi) is 3.98. The molecular weight excluding hydrogens is 228 g/mol. The van der Waals surface area contributed by atoms with E-state index in [-0.39, 0.29) is 18.0 Å². The third kappa shape index (κ3) is 2.53. The van der Waals surface area contributed by atoms with E-state index in [4.69, 9.17) is 0 Å². The van der Waals surface area contributed by atoms with Gasteiger partial charge in [-0.25, -0.2) is 0 Å². The van der Waals surface area contributed by atoms with Crippen LogP contribution in [0.4, 0.5) is 11.4 Å². The van der Waals surface area contributed by atoms with Gasteiger partial charge in [-0.3, -0.25) is 20.2 Å². The molecule has 0 radical (unpaired) electrons. The Bertz CT molecular complexity index is 420. The van der Waals surface area contributed by atoms with Crippen LogP contribution in [0.1, 0.15) is 5.56 Å². The summed E-state index contributed by atoms with van der Waals surface area (Å²) in [5, 5.41) is 29.9. The normalized spacial score (nSPS) is 9.13. The number of phenolic OH excluding ortho intramolecular Hbond substituents is 1. The summed E-state index contributed by atoms with van der Waals surface area (Å²) in [4.78, 5) is 19.1. The number of non-ortho nitro benzene ring substituents is 1. The fraction of sp³-hybridized carbons (Fsp3) is 0.143. The number of rotatable bonds is 2. The molecule has 0 saturated carbocycles. The summed E-state index contributed by atoms with van der Waals surface area (Å²) in [7, 11) is 0. The zero-order chi connectivity index (χ0) is 10.9. The zero-order valence-corrected chi connectivity index (χ0v) is 8.35. The van der Waals surface area contributed by atoms with Gasteiger partial charge in [-0.1, -0.05) is 0 Å². The van der Waals surface area contributed by atoms with Gasteiger partial charge in [0.1, 0.15) is 0 Å². The average Bonchev–Trinajstić information content (AvgIpc) is 2.08. The van der Waals surface area contributed by atoms with E-state index in [1.807, 2.05) is 0 Å². The van der Waals surface area contributed by atoms with Crippen molar-refractivity contribution in [2.45, 2.75) is 6.92 Å². The lowest BCUT2D eigenvalue weighted by atomic mass is 10.1. The molecule has 1 N–H and O–H groups in total. The van der Waals surface area contributed by atoms with Crippen molar-refractivity contribution in [2.24, 2.45) is 0 Å². The first kappa shape index (κ1) is 13.1. The molecule has 0 aliphatic heterocycles. The fourth-order valence-electron chi connectivity index (χ4n) is 0.987. The Balaban J connectivity index is 0.00000196. The van der Waals surface area contributed by atoms with Crippen LogP contribution in [0, 0.1) is 27.2 Å². The smallest absolute Gasteiger partial charge is 0.317 e. The lowest BCUT2D eigenvalue weighted by Gasteiger charge is -1.99. The van der Waals surface area contributed by atoms with Crippen LogP contribution in [0.3, 0.4) is 0 Å². The fourth-order valence-corrected chi connectivity index (χ4v) is 0.987. The predicted molar refractivity (Wildman–Crippen MR) is 53.4 cm³/mol. The maximum Gasteiger partial charge on any atom is 0.317 e. The van der Waals surface area contributed by atoms with E-state index in [1.165, 1.54) is 6.92 Å². The van der Waals surface area contributed by atoms with Crippen molar-refractivity contribution < 1.29 is 15.0 Å². The monoisotopic (exact) mass is 234 g/mol. The summed E-state index contributed by atoms with van der Waals surface area (Å²) in [6.07, 6.45) is 0. The second-order valence-corrected chi connectivity index (χ2v) is 2.64. The molecule has 0 unspecified atom stereocenters. The van der Waals surface area contributed by atoms with E-state index in [0.717, 1.165) is 12.1 Å². The van der Waals surface area contributed by atoms with E-state index < -0.39 is 27.0 Å². The lowest BCUT2D eigenvalue weighted by molar-refractivity contribution is -0.394. The first-order valence-electron chi connectivity index (χ1n) is 3.56. The van der Waals surface area contributed by atoms with Gasteiger partial charge in [0, 0.05) is 11.6 Å². The molecule has 0 amide bonds. The summed E-state index contributed by atoms with van der Waals surface area (Å²) >= 11 is 0. The van der Waals surface area contributed by atoms with Gasteiger partial charge in [0.15, 0.2) is 5.75 Å². The number of hydrogen-bond acceptors (Lipinski definition) is 5. The van der Waals surface area contributed by atoms with E-state index in [9.17, 15) is 25.3 Å². The van der Waals surface area contributed by atoms with Crippen LogP contribution in [0.2, 0.25) is 0 Å². The Morgan fingerprint density at radius 2 is 1.73 bits per heavy atom. The average molecular weight is 235 g/mol. The van der Waals surface area contributed by atoms with E-state index in [0.29, 0.717) is 0 Å². The second kappa shape index (κ2) is 4.56. The second-order valence-electron chi connectivity index (χ2n) is 2.64. The highest BCUT2D eigenvalue weighted by molar-refractivity contribution is 5.85. The predicted octanol–water partition coefficient (Wildman–Crippen LogP) is 1.94. The number of aryl methyl sites for hydroxylation is 1. The van der Waals surface area contributed by atoms with E-state index >= 15 is 0 Å². The van der Waals surface area contributed by atoms with Crippen LogP contribution < -0.4 is 0 Å². The Morgan fingerprint density at radius 3 is 2.13 bits per heavy atom. The number of phenols is 1. The van der Waals surface area contributed by atoms with Gasteiger partial charge >= 0.3 is 5.69 Å². The Hall–Kier alpha value is -1.89. The number of nitrogens with zero attached hydrogens (tertiary/aromatic N) is 2. The maximum absolute atomic E-state index is 10.4. The topological polar surface area (TPSA) is 107 Å². The number of aromatic hydroxyl groups is 1. The molecule has 0 fully saturated rings. The minimum absolute atomic E-state index is 0. The first-order chi connectivity index (χ1) is 6.43. The van der Waals surface area contributed by atoms with Crippen LogP contribution in [0.25, 0.3) is 0 Å². The van der Waals surface area contributed by atoms with E-state index in [2.05, 4.69) is 0 Å². The molecule has 1 rings (SSSR count). The van der Waals surface area contributed by atoms with Crippen molar-refractivity contribution >= 4 is 23.8 Å². The van der Waals surface area contributed by atoms with Crippen LogP contribution in [0.5, 0.6) is 5.75 Å². The SMILES string of the molecule is Cc1cc([N+](=O)[O-])cc([N+](=O)[O-])c1O.Cl. The molecule has 0 saturated heterocycles. The standard InChI is InChI=1S/C7H6N2O5.ClH/c1-4-2-5(8(11)12)3-6(7(4)10)9(13)14;/h2-3,10H,1H3;1H. The maximum atomic E-state index is 10.4.